The first kappa shape index (κ1) is 15.1. The molecular weight excluding hydrogens is 256 g/mol. The normalized spacial score (nSPS) is 13.8. The summed E-state index contributed by atoms with van der Waals surface area (Å²) in [5, 5.41) is 14.5. The SMILES string of the molecule is CN(C[C@H](O)COCc1ccccc1)S(N)(=O)=O. The zero-order valence-electron chi connectivity index (χ0n) is 10.2. The van der Waals surface area contributed by atoms with E-state index in [0.717, 1.165) is 9.87 Å². The molecule has 6 nitrogen and oxygen atoms in total. The van der Waals surface area contributed by atoms with E-state index in [9.17, 15) is 13.5 Å². The Balaban J connectivity index is 2.28. The number of rotatable bonds is 7. The highest BCUT2D eigenvalue weighted by atomic mass is 32.2. The molecule has 0 saturated carbocycles. The first-order chi connectivity index (χ1) is 8.39. The van der Waals surface area contributed by atoms with Gasteiger partial charge < -0.3 is 9.84 Å². The second kappa shape index (κ2) is 6.81. The lowest BCUT2D eigenvalue weighted by Gasteiger charge is -2.18. The van der Waals surface area contributed by atoms with Crippen LogP contribution in [0.3, 0.4) is 0 Å². The van der Waals surface area contributed by atoms with E-state index in [1.165, 1.54) is 7.05 Å². The van der Waals surface area contributed by atoms with Gasteiger partial charge in [-0.3, -0.25) is 0 Å². The Morgan fingerprint density at radius 3 is 2.56 bits per heavy atom. The summed E-state index contributed by atoms with van der Waals surface area (Å²) in [6.45, 7) is 0.333. The minimum Gasteiger partial charge on any atom is -0.389 e. The Hall–Kier alpha value is -0.990. The molecule has 1 aromatic carbocycles. The number of ether oxygens (including phenoxy) is 1. The first-order valence-corrected chi connectivity index (χ1v) is 6.93. The first-order valence-electron chi connectivity index (χ1n) is 5.43. The number of nitrogens with zero attached hydrogens (tertiary/aromatic N) is 1. The number of nitrogens with two attached hydrogens (primary N) is 1. The second-order valence-electron chi connectivity index (χ2n) is 3.98. The Morgan fingerprint density at radius 1 is 1.39 bits per heavy atom. The Bertz CT molecular complexity index is 449. The zero-order valence-corrected chi connectivity index (χ0v) is 11.0. The van der Waals surface area contributed by atoms with Gasteiger partial charge in [0.05, 0.1) is 19.3 Å². The van der Waals surface area contributed by atoms with Gasteiger partial charge in [-0.25, -0.2) is 5.14 Å². The van der Waals surface area contributed by atoms with E-state index in [4.69, 9.17) is 9.88 Å². The Kier molecular flexibility index (Phi) is 5.70. The molecule has 0 heterocycles. The fourth-order valence-electron chi connectivity index (χ4n) is 1.34. The van der Waals surface area contributed by atoms with Gasteiger partial charge in [0.1, 0.15) is 0 Å². The van der Waals surface area contributed by atoms with Crippen molar-refractivity contribution in [1.29, 1.82) is 0 Å². The van der Waals surface area contributed by atoms with Gasteiger partial charge in [0.15, 0.2) is 0 Å². The summed E-state index contributed by atoms with van der Waals surface area (Å²) in [5.74, 6) is 0. The predicted molar refractivity (Wildman–Crippen MR) is 67.8 cm³/mol. The van der Waals surface area contributed by atoms with Crippen molar-refractivity contribution >= 4 is 10.2 Å². The monoisotopic (exact) mass is 274 g/mol. The topological polar surface area (TPSA) is 92.9 Å². The highest BCUT2D eigenvalue weighted by Crippen LogP contribution is 2.01. The van der Waals surface area contributed by atoms with E-state index in [2.05, 4.69) is 0 Å². The van der Waals surface area contributed by atoms with Crippen molar-refractivity contribution in [2.24, 2.45) is 5.14 Å². The van der Waals surface area contributed by atoms with E-state index >= 15 is 0 Å². The fourth-order valence-corrected chi connectivity index (χ4v) is 1.72. The van der Waals surface area contributed by atoms with Crippen LogP contribution in [0.1, 0.15) is 5.56 Å². The minimum atomic E-state index is -3.76. The van der Waals surface area contributed by atoms with Crippen molar-refractivity contribution < 1.29 is 18.3 Å². The third-order valence-corrected chi connectivity index (χ3v) is 3.34. The fraction of sp³-hybridized carbons (Fsp3) is 0.455. The largest absolute Gasteiger partial charge is 0.389 e. The van der Waals surface area contributed by atoms with Crippen LogP contribution in [0.2, 0.25) is 0 Å². The predicted octanol–water partition coefficient (Wildman–Crippen LogP) is -0.301. The third kappa shape index (κ3) is 5.56. The molecule has 0 amide bonds. The maximum absolute atomic E-state index is 10.9. The summed E-state index contributed by atoms with van der Waals surface area (Å²) in [6, 6.07) is 9.50. The summed E-state index contributed by atoms with van der Waals surface area (Å²) in [4.78, 5) is 0. The molecular formula is C11H18N2O4S. The summed E-state index contributed by atoms with van der Waals surface area (Å²) >= 11 is 0. The van der Waals surface area contributed by atoms with Gasteiger partial charge in [0.25, 0.3) is 10.2 Å². The summed E-state index contributed by atoms with van der Waals surface area (Å²) < 4.78 is 28.0. The van der Waals surface area contributed by atoms with E-state index < -0.39 is 16.3 Å². The molecule has 1 atom stereocenters. The molecule has 102 valence electrons. The molecule has 0 bridgehead atoms. The standard InChI is InChI=1S/C11H18N2O4S/c1-13(18(12,15)16)7-11(14)9-17-8-10-5-3-2-4-6-10/h2-6,11,14H,7-9H2,1H3,(H2,12,15,16)/t11-/m0/s1. The molecule has 7 heteroatoms. The molecule has 0 aliphatic rings. The van der Waals surface area contributed by atoms with Crippen LogP contribution >= 0.6 is 0 Å². The van der Waals surface area contributed by atoms with Gasteiger partial charge in [0.2, 0.25) is 0 Å². The zero-order chi connectivity index (χ0) is 13.6. The van der Waals surface area contributed by atoms with Gasteiger partial charge in [-0.2, -0.15) is 12.7 Å². The quantitative estimate of drug-likeness (QED) is 0.714. The molecule has 0 unspecified atom stereocenters. The third-order valence-electron chi connectivity index (χ3n) is 2.32. The lowest BCUT2D eigenvalue weighted by molar-refractivity contribution is 0.0222. The van der Waals surface area contributed by atoms with Crippen LogP contribution in [0.15, 0.2) is 30.3 Å². The van der Waals surface area contributed by atoms with Crippen LogP contribution in [-0.4, -0.2) is 44.1 Å². The average Bonchev–Trinajstić information content (AvgIpc) is 2.29. The van der Waals surface area contributed by atoms with E-state index in [1.807, 2.05) is 30.3 Å². The highest BCUT2D eigenvalue weighted by Gasteiger charge is 2.16. The molecule has 1 rings (SSSR count). The highest BCUT2D eigenvalue weighted by molar-refractivity contribution is 7.86. The van der Waals surface area contributed by atoms with Crippen molar-refractivity contribution in [1.82, 2.24) is 4.31 Å². The molecule has 0 radical (unpaired) electrons. The average molecular weight is 274 g/mol. The van der Waals surface area contributed by atoms with Gasteiger partial charge in [-0.1, -0.05) is 30.3 Å². The Morgan fingerprint density at radius 2 is 2.00 bits per heavy atom. The summed E-state index contributed by atoms with van der Waals surface area (Å²) in [6.07, 6.45) is -0.906. The van der Waals surface area contributed by atoms with Crippen molar-refractivity contribution in [3.8, 4) is 0 Å². The molecule has 0 fully saturated rings. The Labute approximate surface area is 107 Å². The molecule has 0 aliphatic carbocycles. The lowest BCUT2D eigenvalue weighted by atomic mass is 10.2. The number of aliphatic hydroxyl groups excluding tert-OH is 1. The van der Waals surface area contributed by atoms with Crippen molar-refractivity contribution in [2.75, 3.05) is 20.2 Å². The summed E-state index contributed by atoms with van der Waals surface area (Å²) in [5.41, 5.74) is 0.990. The van der Waals surface area contributed by atoms with Gasteiger partial charge >= 0.3 is 0 Å². The maximum atomic E-state index is 10.9. The van der Waals surface area contributed by atoms with Crippen LogP contribution in [0.5, 0.6) is 0 Å². The van der Waals surface area contributed by atoms with Crippen LogP contribution in [0.4, 0.5) is 0 Å². The molecule has 0 aromatic heterocycles. The maximum Gasteiger partial charge on any atom is 0.276 e. The number of benzene rings is 1. The number of likely N-dealkylation sites (N-methyl/N-ethyl adjacent to an activating group) is 1. The van der Waals surface area contributed by atoms with Crippen LogP contribution < -0.4 is 5.14 Å². The molecule has 3 N–H and O–H groups in total. The molecule has 1 aromatic rings. The minimum absolute atomic E-state index is 0.0504. The van der Waals surface area contributed by atoms with Crippen LogP contribution in [-0.2, 0) is 21.6 Å². The van der Waals surface area contributed by atoms with E-state index in [-0.39, 0.29) is 13.2 Å². The smallest absolute Gasteiger partial charge is 0.276 e. The number of hydrogen-bond acceptors (Lipinski definition) is 4. The van der Waals surface area contributed by atoms with Gasteiger partial charge in [-0.15, -0.1) is 0 Å². The van der Waals surface area contributed by atoms with E-state index in [0.29, 0.717) is 6.61 Å². The molecule has 0 saturated heterocycles. The van der Waals surface area contributed by atoms with Crippen molar-refractivity contribution in [2.45, 2.75) is 12.7 Å². The second-order valence-corrected chi connectivity index (χ2v) is 5.63. The van der Waals surface area contributed by atoms with Crippen LogP contribution in [0, 0.1) is 0 Å². The molecule has 18 heavy (non-hydrogen) atoms. The van der Waals surface area contributed by atoms with Crippen molar-refractivity contribution in [3.05, 3.63) is 35.9 Å². The summed E-state index contributed by atoms with van der Waals surface area (Å²) in [7, 11) is -2.46. The van der Waals surface area contributed by atoms with Crippen molar-refractivity contribution in [3.63, 3.8) is 0 Å². The molecule has 0 aliphatic heterocycles. The van der Waals surface area contributed by atoms with Gasteiger partial charge in [0, 0.05) is 13.6 Å². The number of aliphatic hydroxyl groups is 1. The molecule has 0 spiro atoms. The number of hydrogen-bond donors (Lipinski definition) is 2. The lowest BCUT2D eigenvalue weighted by Crippen LogP contribution is -2.40. The van der Waals surface area contributed by atoms with Gasteiger partial charge in [-0.05, 0) is 5.56 Å². The van der Waals surface area contributed by atoms with E-state index in [1.54, 1.807) is 0 Å². The van der Waals surface area contributed by atoms with Crippen LogP contribution in [0.25, 0.3) is 0 Å².